The summed E-state index contributed by atoms with van der Waals surface area (Å²) in [7, 11) is 0. The minimum Gasteiger partial charge on any atom is -0.338 e. The highest BCUT2D eigenvalue weighted by atomic mass is 19.1. The zero-order valence-corrected chi connectivity index (χ0v) is 18.2. The molecule has 1 aromatic rings. The number of piperazine rings is 1. The zero-order valence-electron chi connectivity index (χ0n) is 18.2. The van der Waals surface area contributed by atoms with Crippen LogP contribution in [0.4, 0.5) is 4.39 Å². The molecule has 8 heteroatoms. The summed E-state index contributed by atoms with van der Waals surface area (Å²) < 4.78 is 13.4. The van der Waals surface area contributed by atoms with Crippen molar-refractivity contribution in [3.63, 3.8) is 0 Å². The molecule has 0 radical (unpaired) electrons. The van der Waals surface area contributed by atoms with Gasteiger partial charge in [-0.1, -0.05) is 13.8 Å². The Morgan fingerprint density at radius 1 is 1.06 bits per heavy atom. The van der Waals surface area contributed by atoms with Gasteiger partial charge in [0.25, 0.3) is 5.91 Å². The Hall–Kier alpha value is -2.48. The van der Waals surface area contributed by atoms with E-state index in [9.17, 15) is 18.8 Å². The monoisotopic (exact) mass is 430 g/mol. The van der Waals surface area contributed by atoms with Crippen molar-refractivity contribution in [1.29, 1.82) is 0 Å². The number of benzene rings is 1. The number of nitrogens with one attached hydrogen (secondary N) is 1. The third-order valence-corrected chi connectivity index (χ3v) is 6.43. The van der Waals surface area contributed by atoms with E-state index < -0.39 is 11.9 Å². The van der Waals surface area contributed by atoms with Crippen molar-refractivity contribution in [3.8, 4) is 0 Å². The first-order valence-corrected chi connectivity index (χ1v) is 11.2. The standard InChI is InChI=1S/C23H31FN4O3/c1-15(2)21(29)28(18-7-8-18)19-13-20(23(31)26-11-9-25-10-12-26)27(14-19)22(30)16-3-5-17(24)6-4-16/h3-6,15,18-20,25H,7-14H2,1-2H3. The number of rotatable bonds is 5. The Morgan fingerprint density at radius 2 is 1.71 bits per heavy atom. The Balaban J connectivity index is 1.60. The number of hydrogen-bond acceptors (Lipinski definition) is 4. The molecule has 2 heterocycles. The lowest BCUT2D eigenvalue weighted by Gasteiger charge is -2.32. The highest BCUT2D eigenvalue weighted by Crippen LogP contribution is 2.35. The number of hydrogen-bond donors (Lipinski definition) is 1. The molecule has 1 saturated carbocycles. The molecule has 3 fully saturated rings. The van der Waals surface area contributed by atoms with Crippen LogP contribution in [0.2, 0.25) is 0 Å². The van der Waals surface area contributed by atoms with Crippen LogP contribution in [-0.4, -0.2) is 83.3 Å². The highest BCUT2D eigenvalue weighted by Gasteiger charge is 2.48. The first kappa shape index (κ1) is 21.7. The topological polar surface area (TPSA) is 73.0 Å². The Labute approximate surface area is 182 Å². The lowest BCUT2D eigenvalue weighted by Crippen LogP contribution is -2.53. The number of amides is 3. The van der Waals surface area contributed by atoms with Crippen LogP contribution >= 0.6 is 0 Å². The molecule has 1 aliphatic carbocycles. The van der Waals surface area contributed by atoms with Crippen molar-refractivity contribution in [1.82, 2.24) is 20.0 Å². The molecule has 3 amide bonds. The third-order valence-electron chi connectivity index (χ3n) is 6.43. The molecule has 2 unspecified atom stereocenters. The van der Waals surface area contributed by atoms with Crippen molar-refractivity contribution in [2.45, 2.75) is 51.2 Å². The molecule has 0 bridgehead atoms. The van der Waals surface area contributed by atoms with Crippen LogP contribution in [-0.2, 0) is 9.59 Å². The minimum atomic E-state index is -0.609. The summed E-state index contributed by atoms with van der Waals surface area (Å²) in [6.45, 7) is 6.77. The van der Waals surface area contributed by atoms with Gasteiger partial charge in [-0.2, -0.15) is 0 Å². The van der Waals surface area contributed by atoms with E-state index in [1.165, 1.54) is 24.3 Å². The van der Waals surface area contributed by atoms with Gasteiger partial charge in [0, 0.05) is 50.2 Å². The fraction of sp³-hybridized carbons (Fsp3) is 0.609. The first-order chi connectivity index (χ1) is 14.9. The second-order valence-corrected chi connectivity index (χ2v) is 9.08. The molecule has 168 valence electrons. The lowest BCUT2D eigenvalue weighted by molar-refractivity contribution is -0.138. The molecule has 1 N–H and O–H groups in total. The minimum absolute atomic E-state index is 0.0628. The van der Waals surface area contributed by atoms with Crippen molar-refractivity contribution in [2.75, 3.05) is 32.7 Å². The summed E-state index contributed by atoms with van der Waals surface area (Å²) >= 11 is 0. The average Bonchev–Trinajstić information content (AvgIpc) is 3.51. The smallest absolute Gasteiger partial charge is 0.254 e. The molecule has 7 nitrogen and oxygen atoms in total. The quantitative estimate of drug-likeness (QED) is 0.768. The van der Waals surface area contributed by atoms with E-state index in [-0.39, 0.29) is 35.7 Å². The molecule has 1 aromatic carbocycles. The maximum Gasteiger partial charge on any atom is 0.254 e. The Kier molecular flexibility index (Phi) is 6.27. The Bertz CT molecular complexity index is 834. The summed E-state index contributed by atoms with van der Waals surface area (Å²) in [4.78, 5) is 45.0. The van der Waals surface area contributed by atoms with Gasteiger partial charge >= 0.3 is 0 Å². The summed E-state index contributed by atoms with van der Waals surface area (Å²) in [5, 5.41) is 3.24. The molecule has 0 aromatic heterocycles. The van der Waals surface area contributed by atoms with Gasteiger partial charge in [-0.3, -0.25) is 14.4 Å². The zero-order chi connectivity index (χ0) is 22.1. The second kappa shape index (κ2) is 8.94. The molecule has 3 aliphatic rings. The number of carbonyl (C=O) groups is 3. The van der Waals surface area contributed by atoms with E-state index in [0.29, 0.717) is 31.6 Å². The van der Waals surface area contributed by atoms with E-state index >= 15 is 0 Å². The Morgan fingerprint density at radius 3 is 2.29 bits per heavy atom. The molecule has 2 aliphatic heterocycles. The van der Waals surface area contributed by atoms with Crippen LogP contribution in [0, 0.1) is 11.7 Å². The van der Waals surface area contributed by atoms with E-state index in [1.54, 1.807) is 9.80 Å². The van der Waals surface area contributed by atoms with Crippen molar-refractivity contribution in [2.24, 2.45) is 5.92 Å². The fourth-order valence-electron chi connectivity index (χ4n) is 4.64. The van der Waals surface area contributed by atoms with Gasteiger partial charge in [0.2, 0.25) is 11.8 Å². The summed E-state index contributed by atoms with van der Waals surface area (Å²) in [5.41, 5.74) is 0.355. The van der Waals surface area contributed by atoms with Gasteiger partial charge < -0.3 is 20.0 Å². The van der Waals surface area contributed by atoms with E-state index in [2.05, 4.69) is 5.32 Å². The van der Waals surface area contributed by atoms with Crippen molar-refractivity contribution < 1.29 is 18.8 Å². The number of carbonyl (C=O) groups excluding carboxylic acids is 3. The fourth-order valence-corrected chi connectivity index (χ4v) is 4.64. The van der Waals surface area contributed by atoms with Crippen molar-refractivity contribution >= 4 is 17.7 Å². The average molecular weight is 431 g/mol. The van der Waals surface area contributed by atoms with E-state index in [1.807, 2.05) is 18.7 Å². The second-order valence-electron chi connectivity index (χ2n) is 9.08. The molecule has 2 atom stereocenters. The van der Waals surface area contributed by atoms with Crippen LogP contribution in [0.15, 0.2) is 24.3 Å². The van der Waals surface area contributed by atoms with Crippen LogP contribution < -0.4 is 5.32 Å². The molecular weight excluding hydrogens is 399 g/mol. The number of halogens is 1. The summed E-state index contributed by atoms with van der Waals surface area (Å²) in [5.74, 6) is -0.815. The van der Waals surface area contributed by atoms with Crippen LogP contribution in [0.3, 0.4) is 0 Å². The first-order valence-electron chi connectivity index (χ1n) is 11.2. The SMILES string of the molecule is CC(C)C(=O)N(C1CC1)C1CC(C(=O)N2CCNCC2)N(C(=O)c2ccc(F)cc2)C1. The maximum absolute atomic E-state index is 13.4. The molecule has 0 spiro atoms. The van der Waals surface area contributed by atoms with Crippen LogP contribution in [0.25, 0.3) is 0 Å². The molecule has 4 rings (SSSR count). The third kappa shape index (κ3) is 4.59. The predicted octanol–water partition coefficient (Wildman–Crippen LogP) is 1.49. The van der Waals surface area contributed by atoms with E-state index in [4.69, 9.17) is 0 Å². The van der Waals surface area contributed by atoms with Crippen LogP contribution in [0.5, 0.6) is 0 Å². The van der Waals surface area contributed by atoms with Gasteiger partial charge in [-0.25, -0.2) is 4.39 Å². The maximum atomic E-state index is 13.4. The molecule has 2 saturated heterocycles. The highest BCUT2D eigenvalue weighted by molar-refractivity contribution is 5.98. The number of nitrogens with zero attached hydrogens (tertiary/aromatic N) is 3. The summed E-state index contributed by atoms with van der Waals surface area (Å²) in [6.07, 6.45) is 2.39. The van der Waals surface area contributed by atoms with Crippen molar-refractivity contribution in [3.05, 3.63) is 35.6 Å². The molecule has 31 heavy (non-hydrogen) atoms. The normalized spacial score (nSPS) is 23.9. The van der Waals surface area contributed by atoms with Crippen LogP contribution in [0.1, 0.15) is 43.5 Å². The van der Waals surface area contributed by atoms with Gasteiger partial charge in [-0.15, -0.1) is 0 Å². The van der Waals surface area contributed by atoms with Gasteiger partial charge in [0.1, 0.15) is 11.9 Å². The number of likely N-dealkylation sites (tertiary alicyclic amines) is 1. The van der Waals surface area contributed by atoms with E-state index in [0.717, 1.165) is 25.9 Å². The predicted molar refractivity (Wildman–Crippen MR) is 114 cm³/mol. The van der Waals surface area contributed by atoms with Gasteiger partial charge in [0.05, 0.1) is 6.04 Å². The molecular formula is C23H31FN4O3. The lowest BCUT2D eigenvalue weighted by atomic mass is 10.1. The largest absolute Gasteiger partial charge is 0.338 e. The summed E-state index contributed by atoms with van der Waals surface area (Å²) in [6, 6.07) is 4.84. The van der Waals surface area contributed by atoms with Gasteiger partial charge in [-0.05, 0) is 43.5 Å². The van der Waals surface area contributed by atoms with Gasteiger partial charge in [0.15, 0.2) is 0 Å².